The molecule has 0 unspecified atom stereocenters. The first-order valence-corrected chi connectivity index (χ1v) is 14.3. The maximum atomic E-state index is 13.6. The highest BCUT2D eigenvalue weighted by Gasteiger charge is 2.33. The van der Waals surface area contributed by atoms with Crippen molar-refractivity contribution < 1.29 is 17.9 Å². The Balaban J connectivity index is 1.42. The Bertz CT molecular complexity index is 1560. The van der Waals surface area contributed by atoms with Crippen LogP contribution in [-0.4, -0.2) is 45.6 Å². The molecule has 8 nitrogen and oxygen atoms in total. The molecule has 0 radical (unpaired) electrons. The summed E-state index contributed by atoms with van der Waals surface area (Å²) >= 11 is 6.39. The highest BCUT2D eigenvalue weighted by molar-refractivity contribution is 6.32. The lowest BCUT2D eigenvalue weighted by Gasteiger charge is -2.40. The summed E-state index contributed by atoms with van der Waals surface area (Å²) in [5.74, 6) is 1.27. The minimum absolute atomic E-state index is 0.00956. The van der Waals surface area contributed by atoms with Crippen LogP contribution >= 0.6 is 11.6 Å². The van der Waals surface area contributed by atoms with E-state index in [0.29, 0.717) is 36.4 Å². The minimum atomic E-state index is -4.51. The molecule has 12 heteroatoms. The van der Waals surface area contributed by atoms with Gasteiger partial charge in [-0.25, -0.2) is 4.98 Å². The number of nitrogens with zero attached hydrogens (tertiary/aromatic N) is 6. The second-order valence-electron chi connectivity index (χ2n) is 11.4. The van der Waals surface area contributed by atoms with Crippen LogP contribution in [0.4, 0.5) is 36.6 Å². The summed E-state index contributed by atoms with van der Waals surface area (Å²) < 4.78 is 46.5. The van der Waals surface area contributed by atoms with Gasteiger partial charge in [-0.15, -0.1) is 0 Å². The molecule has 2 aromatic carbocycles. The minimum Gasteiger partial charge on any atom is -0.458 e. The van der Waals surface area contributed by atoms with E-state index < -0.39 is 11.7 Å². The Hall–Kier alpha value is -4.12. The highest BCUT2D eigenvalue weighted by atomic mass is 35.5. The summed E-state index contributed by atoms with van der Waals surface area (Å²) in [4.78, 5) is 22.1. The second kappa shape index (κ2) is 12.2. The van der Waals surface area contributed by atoms with Crippen molar-refractivity contribution in [3.63, 3.8) is 0 Å². The number of hydrogen-bond donors (Lipinski definition) is 1. The molecule has 3 heterocycles. The molecular formula is C31H33ClF3N7O. The number of piperazine rings is 1. The first-order valence-electron chi connectivity index (χ1n) is 13.9. The number of pyridine rings is 1. The van der Waals surface area contributed by atoms with E-state index >= 15 is 0 Å². The van der Waals surface area contributed by atoms with E-state index in [-0.39, 0.29) is 35.6 Å². The Morgan fingerprint density at radius 2 is 1.70 bits per heavy atom. The number of ether oxygens (including phenoxy) is 1. The van der Waals surface area contributed by atoms with E-state index in [4.69, 9.17) is 16.3 Å². The van der Waals surface area contributed by atoms with Crippen LogP contribution in [0.15, 0.2) is 66.9 Å². The standard InChI is InChI=1S/C31H33ClF3N7O/c1-20-18-41(26-25(32)10-7-15-36-26)16-17-42(20)28-38-27(37-23-13-11-22(12-14-23)30(2,3)4)39-29(40-28)43-19-21-8-5-6-9-24(21)31(33,34)35/h5-15,20H,16-19H2,1-4H3,(H,37,38,39,40)/t20-/m1/s1. The predicted molar refractivity (Wildman–Crippen MR) is 162 cm³/mol. The molecule has 1 fully saturated rings. The molecule has 4 aromatic rings. The third kappa shape index (κ3) is 7.27. The van der Waals surface area contributed by atoms with Crippen molar-refractivity contribution in [3.8, 4) is 6.01 Å². The van der Waals surface area contributed by atoms with Crippen molar-refractivity contribution in [2.24, 2.45) is 0 Å². The number of rotatable bonds is 7. The van der Waals surface area contributed by atoms with Crippen LogP contribution < -0.4 is 19.9 Å². The van der Waals surface area contributed by atoms with Gasteiger partial charge >= 0.3 is 12.2 Å². The van der Waals surface area contributed by atoms with Crippen molar-refractivity contribution in [1.29, 1.82) is 0 Å². The van der Waals surface area contributed by atoms with Gasteiger partial charge in [-0.1, -0.05) is 62.7 Å². The second-order valence-corrected chi connectivity index (χ2v) is 11.8. The van der Waals surface area contributed by atoms with Gasteiger partial charge in [0.2, 0.25) is 11.9 Å². The fraction of sp³-hybridized carbons (Fsp3) is 0.355. The van der Waals surface area contributed by atoms with Crippen LogP contribution in [0.5, 0.6) is 6.01 Å². The Morgan fingerprint density at radius 1 is 0.953 bits per heavy atom. The third-order valence-corrected chi connectivity index (χ3v) is 7.51. The van der Waals surface area contributed by atoms with E-state index in [9.17, 15) is 13.2 Å². The van der Waals surface area contributed by atoms with Crippen molar-refractivity contribution >= 4 is 35.0 Å². The fourth-order valence-electron chi connectivity index (χ4n) is 4.90. The smallest absolute Gasteiger partial charge is 0.416 e. The van der Waals surface area contributed by atoms with Crippen molar-refractivity contribution in [1.82, 2.24) is 19.9 Å². The summed E-state index contributed by atoms with van der Waals surface area (Å²) in [6.45, 7) is 9.85. The van der Waals surface area contributed by atoms with Gasteiger partial charge in [-0.3, -0.25) is 0 Å². The number of halogens is 4. The van der Waals surface area contributed by atoms with E-state index in [1.807, 2.05) is 36.1 Å². The number of benzene rings is 2. The molecule has 1 N–H and O–H groups in total. The molecule has 1 aliphatic heterocycles. The molecule has 43 heavy (non-hydrogen) atoms. The molecule has 0 bridgehead atoms. The zero-order chi connectivity index (χ0) is 30.8. The van der Waals surface area contributed by atoms with E-state index in [2.05, 4.69) is 50.9 Å². The number of alkyl halides is 3. The number of nitrogens with one attached hydrogen (secondary N) is 1. The molecule has 1 atom stereocenters. The summed E-state index contributed by atoms with van der Waals surface area (Å²) in [7, 11) is 0. The van der Waals surface area contributed by atoms with Gasteiger partial charge in [0.15, 0.2) is 0 Å². The Labute approximate surface area is 253 Å². The van der Waals surface area contributed by atoms with Gasteiger partial charge in [-0.2, -0.15) is 28.1 Å². The molecule has 1 aliphatic rings. The van der Waals surface area contributed by atoms with Gasteiger partial charge in [0.1, 0.15) is 12.4 Å². The lowest BCUT2D eigenvalue weighted by Crippen LogP contribution is -2.53. The molecule has 0 spiro atoms. The topological polar surface area (TPSA) is 79.3 Å². The Kier molecular flexibility index (Phi) is 8.64. The summed E-state index contributed by atoms with van der Waals surface area (Å²) in [6.07, 6.45) is -2.81. The number of anilines is 4. The molecule has 5 rings (SSSR count). The van der Waals surface area contributed by atoms with E-state index in [0.717, 1.165) is 11.8 Å². The lowest BCUT2D eigenvalue weighted by molar-refractivity contribution is -0.138. The maximum Gasteiger partial charge on any atom is 0.416 e. The van der Waals surface area contributed by atoms with E-state index in [1.54, 1.807) is 18.3 Å². The lowest BCUT2D eigenvalue weighted by atomic mass is 9.87. The summed E-state index contributed by atoms with van der Waals surface area (Å²) in [6, 6.07) is 16.7. The monoisotopic (exact) mass is 611 g/mol. The molecule has 226 valence electrons. The fourth-order valence-corrected chi connectivity index (χ4v) is 5.14. The highest BCUT2D eigenvalue weighted by Crippen LogP contribution is 2.33. The first-order chi connectivity index (χ1) is 20.4. The zero-order valence-corrected chi connectivity index (χ0v) is 25.1. The molecule has 2 aromatic heterocycles. The average molecular weight is 612 g/mol. The van der Waals surface area contributed by atoms with Crippen molar-refractivity contribution in [3.05, 3.63) is 88.6 Å². The van der Waals surface area contributed by atoms with Crippen LogP contribution in [0.1, 0.15) is 44.4 Å². The molecular weight excluding hydrogens is 579 g/mol. The SMILES string of the molecule is C[C@@H]1CN(c2ncccc2Cl)CCN1c1nc(Nc2ccc(C(C)(C)C)cc2)nc(OCc2ccccc2C(F)(F)F)n1. The van der Waals surface area contributed by atoms with E-state index in [1.165, 1.54) is 23.8 Å². The molecule has 0 aliphatic carbocycles. The first kappa shape index (κ1) is 30.3. The number of aromatic nitrogens is 4. The van der Waals surface area contributed by atoms with Crippen molar-refractivity contribution in [2.75, 3.05) is 34.8 Å². The molecule has 1 saturated heterocycles. The van der Waals surface area contributed by atoms with Crippen LogP contribution in [0.3, 0.4) is 0 Å². The quantitative estimate of drug-likeness (QED) is 0.234. The van der Waals surface area contributed by atoms with Gasteiger partial charge in [-0.05, 0) is 48.2 Å². The van der Waals surface area contributed by atoms with Gasteiger partial charge in [0.25, 0.3) is 0 Å². The summed E-state index contributed by atoms with van der Waals surface area (Å²) in [5, 5.41) is 3.78. The van der Waals surface area contributed by atoms with Gasteiger partial charge in [0, 0.05) is 43.1 Å². The van der Waals surface area contributed by atoms with Crippen LogP contribution in [0.25, 0.3) is 0 Å². The third-order valence-electron chi connectivity index (χ3n) is 7.21. The maximum absolute atomic E-state index is 13.6. The Morgan fingerprint density at radius 3 is 2.37 bits per heavy atom. The normalized spacial score (nSPS) is 15.9. The predicted octanol–water partition coefficient (Wildman–Crippen LogP) is 7.27. The van der Waals surface area contributed by atoms with Crippen molar-refractivity contribution in [2.45, 2.75) is 51.9 Å². The molecule has 0 amide bonds. The van der Waals surface area contributed by atoms with Crippen LogP contribution in [0, 0.1) is 0 Å². The van der Waals surface area contributed by atoms with Gasteiger partial charge < -0.3 is 19.9 Å². The van der Waals surface area contributed by atoms with Crippen LogP contribution in [-0.2, 0) is 18.2 Å². The zero-order valence-electron chi connectivity index (χ0n) is 24.4. The van der Waals surface area contributed by atoms with Crippen LogP contribution in [0.2, 0.25) is 5.02 Å². The summed E-state index contributed by atoms with van der Waals surface area (Å²) in [5.41, 5.74) is 1.13. The average Bonchev–Trinajstić information content (AvgIpc) is 2.96. The largest absolute Gasteiger partial charge is 0.458 e. The molecule has 0 saturated carbocycles. The number of hydrogen-bond acceptors (Lipinski definition) is 8. The van der Waals surface area contributed by atoms with Gasteiger partial charge in [0.05, 0.1) is 10.6 Å².